The van der Waals surface area contributed by atoms with Crippen molar-refractivity contribution in [3.05, 3.63) is 29.8 Å². The lowest BCUT2D eigenvalue weighted by atomic mass is 9.93. The van der Waals surface area contributed by atoms with Gasteiger partial charge < -0.3 is 9.47 Å². The summed E-state index contributed by atoms with van der Waals surface area (Å²) in [6, 6.07) is 6.67. The number of hydrogen-bond donors (Lipinski definition) is 0. The maximum Gasteiger partial charge on any atom is 0.188 e. The zero-order chi connectivity index (χ0) is 16.6. The van der Waals surface area contributed by atoms with Gasteiger partial charge in [-0.3, -0.25) is 4.79 Å². The molecule has 4 rings (SSSR count). The molecule has 124 valence electrons. The molecular weight excluding hydrogens is 316 g/mol. The molecule has 0 N–H and O–H groups in total. The van der Waals surface area contributed by atoms with E-state index in [1.807, 2.05) is 6.92 Å². The number of ether oxygens (including phenoxy) is 2. The van der Waals surface area contributed by atoms with Crippen LogP contribution in [0.1, 0.15) is 25.8 Å². The highest BCUT2D eigenvalue weighted by Crippen LogP contribution is 2.53. The van der Waals surface area contributed by atoms with E-state index in [-0.39, 0.29) is 34.7 Å². The minimum absolute atomic E-state index is 0.210. The van der Waals surface area contributed by atoms with Gasteiger partial charge in [0.15, 0.2) is 21.4 Å². The average Bonchev–Trinajstić information content (AvgIpc) is 3.05. The molecule has 5 atom stereocenters. The number of Topliss-reactive ketones (excluding diaryl/α,β-unsaturated/α-hetero) is 1. The Hall–Kier alpha value is -1.24. The van der Waals surface area contributed by atoms with Gasteiger partial charge in [0.2, 0.25) is 0 Å². The van der Waals surface area contributed by atoms with E-state index in [2.05, 4.69) is 0 Å². The first-order valence-corrected chi connectivity index (χ1v) is 9.45. The first kappa shape index (κ1) is 15.3. The van der Waals surface area contributed by atoms with E-state index in [0.29, 0.717) is 6.42 Å². The standard InChI is InChI=1S/C17H20O5S/c1-9-4-6-10(7-5-9)23(19,20)16-12-8-11(13(16)18)14-15(12)22-17(2,3)21-14/h4-7,11-12,14-16H,8H2,1-3H3/t11-,12-,14-,15+,16?/m0/s1. The van der Waals surface area contributed by atoms with Crippen molar-refractivity contribution in [3.8, 4) is 0 Å². The summed E-state index contributed by atoms with van der Waals surface area (Å²) in [6.45, 7) is 5.51. The van der Waals surface area contributed by atoms with Crippen LogP contribution in [-0.2, 0) is 24.1 Å². The number of fused-ring (bicyclic) bond motifs is 5. The molecule has 1 heterocycles. The van der Waals surface area contributed by atoms with Gasteiger partial charge in [0.25, 0.3) is 0 Å². The van der Waals surface area contributed by atoms with Gasteiger partial charge in [-0.05, 0) is 39.3 Å². The van der Waals surface area contributed by atoms with E-state index in [1.54, 1.807) is 38.1 Å². The molecule has 2 saturated carbocycles. The Kier molecular flexibility index (Phi) is 3.09. The zero-order valence-electron chi connectivity index (χ0n) is 13.4. The van der Waals surface area contributed by atoms with E-state index >= 15 is 0 Å². The van der Waals surface area contributed by atoms with Crippen molar-refractivity contribution in [1.82, 2.24) is 0 Å². The highest BCUT2D eigenvalue weighted by atomic mass is 32.2. The second-order valence-corrected chi connectivity index (χ2v) is 9.32. The van der Waals surface area contributed by atoms with Crippen LogP contribution in [-0.4, -0.2) is 37.4 Å². The van der Waals surface area contributed by atoms with Crippen LogP contribution in [0.3, 0.4) is 0 Å². The summed E-state index contributed by atoms with van der Waals surface area (Å²) in [4.78, 5) is 12.9. The number of sulfone groups is 1. The van der Waals surface area contributed by atoms with E-state index in [4.69, 9.17) is 9.47 Å². The van der Waals surface area contributed by atoms with Crippen LogP contribution in [0.2, 0.25) is 0 Å². The Bertz CT molecular complexity index is 765. The molecule has 3 aliphatic rings. The minimum atomic E-state index is -3.70. The lowest BCUT2D eigenvalue weighted by Gasteiger charge is -2.28. The first-order chi connectivity index (χ1) is 10.7. The van der Waals surface area contributed by atoms with Crippen LogP contribution >= 0.6 is 0 Å². The van der Waals surface area contributed by atoms with Crippen molar-refractivity contribution < 1.29 is 22.7 Å². The molecule has 0 aromatic heterocycles. The van der Waals surface area contributed by atoms with Gasteiger partial charge in [-0.15, -0.1) is 0 Å². The van der Waals surface area contributed by atoms with Crippen LogP contribution in [0.25, 0.3) is 0 Å². The molecule has 1 unspecified atom stereocenters. The number of benzene rings is 1. The second kappa shape index (κ2) is 4.65. The van der Waals surface area contributed by atoms with Gasteiger partial charge in [-0.1, -0.05) is 17.7 Å². The van der Waals surface area contributed by atoms with Crippen LogP contribution in [0.4, 0.5) is 0 Å². The molecule has 6 heteroatoms. The van der Waals surface area contributed by atoms with Gasteiger partial charge >= 0.3 is 0 Å². The minimum Gasteiger partial charge on any atom is -0.344 e. The number of ketones is 1. The van der Waals surface area contributed by atoms with Crippen molar-refractivity contribution in [3.63, 3.8) is 0 Å². The van der Waals surface area contributed by atoms with Crippen LogP contribution in [0, 0.1) is 18.8 Å². The van der Waals surface area contributed by atoms with Gasteiger partial charge in [0.05, 0.1) is 17.1 Å². The molecule has 2 bridgehead atoms. The van der Waals surface area contributed by atoms with Gasteiger partial charge in [-0.2, -0.15) is 0 Å². The van der Waals surface area contributed by atoms with Gasteiger partial charge in [0, 0.05) is 11.8 Å². The molecule has 23 heavy (non-hydrogen) atoms. The van der Waals surface area contributed by atoms with Crippen LogP contribution < -0.4 is 0 Å². The average molecular weight is 336 g/mol. The normalized spacial score (nSPS) is 38.0. The third-order valence-electron chi connectivity index (χ3n) is 5.23. The highest BCUT2D eigenvalue weighted by molar-refractivity contribution is 7.92. The second-order valence-electron chi connectivity index (χ2n) is 7.25. The van der Waals surface area contributed by atoms with Crippen molar-refractivity contribution in [2.45, 2.75) is 55.3 Å². The summed E-state index contributed by atoms with van der Waals surface area (Å²) in [5.41, 5.74) is 0.984. The molecule has 2 aliphatic carbocycles. The molecular formula is C17H20O5S. The number of aryl methyl sites for hydroxylation is 1. The Balaban J connectivity index is 1.71. The maximum absolute atomic E-state index is 13.0. The molecule has 0 radical (unpaired) electrons. The number of rotatable bonds is 2. The number of carbonyl (C=O) groups is 1. The fourth-order valence-corrected chi connectivity index (χ4v) is 6.29. The molecule has 0 spiro atoms. The molecule has 1 aromatic rings. The number of hydrogen-bond acceptors (Lipinski definition) is 5. The van der Waals surface area contributed by atoms with E-state index < -0.39 is 20.9 Å². The molecule has 5 nitrogen and oxygen atoms in total. The lowest BCUT2D eigenvalue weighted by molar-refractivity contribution is -0.157. The SMILES string of the molecule is Cc1ccc(S(=O)(=O)C2C(=O)[C@@H]3C[C@H]2[C@H]2OC(C)(C)O[C@H]23)cc1. The van der Waals surface area contributed by atoms with Crippen molar-refractivity contribution in [2.75, 3.05) is 0 Å². The van der Waals surface area contributed by atoms with Crippen LogP contribution in [0.5, 0.6) is 0 Å². The summed E-state index contributed by atoms with van der Waals surface area (Å²) in [7, 11) is -3.70. The molecule has 0 amide bonds. The summed E-state index contributed by atoms with van der Waals surface area (Å²) in [5.74, 6) is -1.64. The predicted molar refractivity (Wildman–Crippen MR) is 82.6 cm³/mol. The highest BCUT2D eigenvalue weighted by Gasteiger charge is 2.67. The summed E-state index contributed by atoms with van der Waals surface area (Å²) >= 11 is 0. The smallest absolute Gasteiger partial charge is 0.188 e. The zero-order valence-corrected chi connectivity index (χ0v) is 14.2. The predicted octanol–water partition coefficient (Wildman–Crippen LogP) is 1.88. The summed E-state index contributed by atoms with van der Waals surface area (Å²) in [5, 5.41) is -1.01. The first-order valence-electron chi connectivity index (χ1n) is 7.91. The van der Waals surface area contributed by atoms with Gasteiger partial charge in [0.1, 0.15) is 5.25 Å². The topological polar surface area (TPSA) is 69.7 Å². The monoisotopic (exact) mass is 336 g/mol. The Labute approximate surface area is 135 Å². The molecule has 1 aliphatic heterocycles. The van der Waals surface area contributed by atoms with Crippen LogP contribution in [0.15, 0.2) is 29.2 Å². The quantitative estimate of drug-likeness (QED) is 0.825. The van der Waals surface area contributed by atoms with E-state index in [1.165, 1.54) is 0 Å². The molecule has 1 saturated heterocycles. The van der Waals surface area contributed by atoms with Gasteiger partial charge in [-0.25, -0.2) is 8.42 Å². The van der Waals surface area contributed by atoms with E-state index in [0.717, 1.165) is 5.56 Å². The largest absolute Gasteiger partial charge is 0.344 e. The summed E-state index contributed by atoms with van der Waals surface area (Å²) < 4.78 is 37.7. The van der Waals surface area contributed by atoms with Crippen molar-refractivity contribution in [1.29, 1.82) is 0 Å². The Morgan fingerprint density at radius 3 is 2.35 bits per heavy atom. The third-order valence-corrected chi connectivity index (χ3v) is 7.41. The molecule has 1 aromatic carbocycles. The third kappa shape index (κ3) is 2.12. The number of carbonyl (C=O) groups excluding carboxylic acids is 1. The van der Waals surface area contributed by atoms with E-state index in [9.17, 15) is 13.2 Å². The molecule has 3 fully saturated rings. The maximum atomic E-state index is 13.0. The fraction of sp³-hybridized carbons (Fsp3) is 0.588. The lowest BCUT2D eigenvalue weighted by Crippen LogP contribution is -2.47. The Morgan fingerprint density at radius 2 is 1.70 bits per heavy atom. The van der Waals surface area contributed by atoms with Crippen molar-refractivity contribution >= 4 is 15.6 Å². The fourth-order valence-electron chi connectivity index (χ4n) is 4.27. The van der Waals surface area contributed by atoms with Crippen molar-refractivity contribution in [2.24, 2.45) is 11.8 Å². The Morgan fingerprint density at radius 1 is 1.09 bits per heavy atom. The summed E-state index contributed by atoms with van der Waals surface area (Å²) in [6.07, 6.45) is -0.0649.